The van der Waals surface area contributed by atoms with E-state index >= 15 is 13.6 Å². The highest BCUT2D eigenvalue weighted by molar-refractivity contribution is 7.92. The Morgan fingerprint density at radius 1 is 1.03 bits per heavy atom. The summed E-state index contributed by atoms with van der Waals surface area (Å²) < 4.78 is 152. The van der Waals surface area contributed by atoms with Crippen LogP contribution < -0.4 is 15.6 Å². The van der Waals surface area contributed by atoms with E-state index < -0.39 is 112 Å². The standard InChI is InChI=1S/C41H33ClF8N8O5S/c1-64(61,62)55-38-33-26(42)4-5-29(35(33)56(54-38)16-30(45)46)58-39(52-27-13-20(2-3-23(27)40(58)60)19-6-8-63-9-7-19)28(12-18-10-21(43)14-22(44)11-18)51-31(59)17-57-36-32(34(53-57)37(47)48)24-15-25(24)41(36,49)50/h2-6,10-11,13-14,24-25,28,30,37H,7-9,12,15-17H2,1H3,(H,51,59)(H,54,55)/t24-,25+,28-/m0/s1. The van der Waals surface area contributed by atoms with Gasteiger partial charge < -0.3 is 10.1 Å². The number of hydrogen-bond acceptors (Lipinski definition) is 8. The highest BCUT2D eigenvalue weighted by Gasteiger charge is 2.67. The van der Waals surface area contributed by atoms with Crippen LogP contribution in [0.1, 0.15) is 65.1 Å². The molecule has 0 unspecified atom stereocenters. The lowest BCUT2D eigenvalue weighted by atomic mass is 9.99. The number of anilines is 1. The highest BCUT2D eigenvalue weighted by Crippen LogP contribution is 2.68. The van der Waals surface area contributed by atoms with Gasteiger partial charge in [-0.2, -0.15) is 19.0 Å². The van der Waals surface area contributed by atoms with E-state index in [1.807, 2.05) is 6.08 Å². The number of nitrogens with one attached hydrogen (secondary N) is 2. The molecule has 0 bridgehead atoms. The predicted octanol–water partition coefficient (Wildman–Crippen LogP) is 7.55. The SMILES string of the molecule is CS(=O)(=O)Nc1nn(CC(F)F)c2c(-n3c([C@H](Cc4cc(F)cc(F)c4)NC(=O)Cn4nc(C(F)F)c5c4C(F)(F)[C@@H]4C[C@H]54)nc4cc(C5=CCOCC5)ccc4c3=O)ccc(Cl)c12. The Labute approximate surface area is 361 Å². The number of amides is 1. The molecule has 1 amide bonds. The Bertz CT molecular complexity index is 3100. The molecule has 3 atom stereocenters. The first-order valence-corrected chi connectivity index (χ1v) is 21.9. The third-order valence-corrected chi connectivity index (χ3v) is 12.2. The summed E-state index contributed by atoms with van der Waals surface area (Å²) in [5, 5.41) is 9.91. The molecule has 23 heteroatoms. The quantitative estimate of drug-likeness (QED) is 0.113. The van der Waals surface area contributed by atoms with E-state index in [0.29, 0.717) is 35.9 Å². The molecule has 0 radical (unpaired) electrons. The number of halogens is 9. The van der Waals surface area contributed by atoms with E-state index in [4.69, 9.17) is 21.3 Å². The molecule has 6 aromatic rings. The number of sulfonamides is 1. The number of carbonyl (C=O) groups excluding carboxylic acids is 1. The number of rotatable bonds is 13. The zero-order chi connectivity index (χ0) is 45.6. The molecule has 9 rings (SSSR count). The lowest BCUT2D eigenvalue weighted by Gasteiger charge is -2.24. The summed E-state index contributed by atoms with van der Waals surface area (Å²) in [5.41, 5.74) is -2.13. The third-order valence-electron chi connectivity index (χ3n) is 11.4. The summed E-state index contributed by atoms with van der Waals surface area (Å²) in [4.78, 5) is 34.0. The Morgan fingerprint density at radius 2 is 1.78 bits per heavy atom. The summed E-state index contributed by atoms with van der Waals surface area (Å²) in [6.07, 6.45) is -3.84. The van der Waals surface area contributed by atoms with Crippen LogP contribution in [0.2, 0.25) is 5.02 Å². The fourth-order valence-electron chi connectivity index (χ4n) is 8.74. The smallest absolute Gasteiger partial charge is 0.293 e. The maximum atomic E-state index is 15.5. The molecular weight excluding hydrogens is 904 g/mol. The molecule has 2 N–H and O–H groups in total. The number of benzene rings is 3. The van der Waals surface area contributed by atoms with E-state index in [1.165, 1.54) is 18.2 Å². The van der Waals surface area contributed by atoms with Crippen LogP contribution in [-0.4, -0.2) is 69.3 Å². The monoisotopic (exact) mass is 936 g/mol. The van der Waals surface area contributed by atoms with Crippen LogP contribution in [-0.2, 0) is 45.0 Å². The van der Waals surface area contributed by atoms with E-state index in [-0.39, 0.29) is 50.1 Å². The number of nitrogens with zero attached hydrogens (tertiary/aromatic N) is 6. The minimum Gasteiger partial charge on any atom is -0.377 e. The summed E-state index contributed by atoms with van der Waals surface area (Å²) in [6.45, 7) is -1.51. The fourth-order valence-corrected chi connectivity index (χ4v) is 9.47. The molecule has 1 aliphatic heterocycles. The second kappa shape index (κ2) is 16.0. The Balaban J connectivity index is 1.27. The summed E-state index contributed by atoms with van der Waals surface area (Å²) in [7, 11) is -4.12. The summed E-state index contributed by atoms with van der Waals surface area (Å²) in [6, 6.07) is 7.90. The Hall–Kier alpha value is -5.87. The maximum Gasteiger partial charge on any atom is 0.293 e. The average molecular weight is 937 g/mol. The van der Waals surface area contributed by atoms with Gasteiger partial charge in [-0.1, -0.05) is 23.7 Å². The first-order chi connectivity index (χ1) is 30.3. The molecule has 1 saturated carbocycles. The number of aromatic nitrogens is 6. The summed E-state index contributed by atoms with van der Waals surface area (Å²) in [5.74, 6) is -9.79. The van der Waals surface area contributed by atoms with Crippen LogP contribution in [0.5, 0.6) is 0 Å². The molecular formula is C41H33ClF8N8O5S. The van der Waals surface area contributed by atoms with Gasteiger partial charge in [-0.15, -0.1) is 0 Å². The maximum absolute atomic E-state index is 15.5. The van der Waals surface area contributed by atoms with Crippen molar-refractivity contribution in [2.45, 2.75) is 63.1 Å². The van der Waals surface area contributed by atoms with Crippen molar-refractivity contribution in [3.63, 3.8) is 0 Å². The normalized spacial score (nSPS) is 18.4. The molecule has 2 aliphatic carbocycles. The first-order valence-electron chi connectivity index (χ1n) is 19.6. The largest absolute Gasteiger partial charge is 0.377 e. The molecule has 3 aromatic heterocycles. The van der Waals surface area contributed by atoms with Crippen LogP contribution in [0.25, 0.3) is 33.1 Å². The molecule has 0 saturated heterocycles. The van der Waals surface area contributed by atoms with Gasteiger partial charge in [-0.05, 0) is 71.9 Å². The number of carbonyl (C=O) groups is 1. The summed E-state index contributed by atoms with van der Waals surface area (Å²) >= 11 is 6.58. The topological polar surface area (TPSA) is 155 Å². The number of alkyl halides is 6. The Morgan fingerprint density at radius 3 is 2.45 bits per heavy atom. The predicted molar refractivity (Wildman–Crippen MR) is 216 cm³/mol. The van der Waals surface area contributed by atoms with Crippen molar-refractivity contribution < 1.29 is 53.1 Å². The molecule has 1 fully saturated rings. The van der Waals surface area contributed by atoms with Gasteiger partial charge in [0.2, 0.25) is 15.9 Å². The minimum absolute atomic E-state index is 0.0295. The van der Waals surface area contributed by atoms with Crippen LogP contribution in [0.4, 0.5) is 40.9 Å². The van der Waals surface area contributed by atoms with Crippen LogP contribution >= 0.6 is 11.6 Å². The average Bonchev–Trinajstić information content (AvgIpc) is 3.74. The molecule has 64 heavy (non-hydrogen) atoms. The van der Waals surface area contributed by atoms with Gasteiger partial charge in [-0.3, -0.25) is 28.2 Å². The van der Waals surface area contributed by atoms with Gasteiger partial charge in [0.15, 0.2) is 5.82 Å². The van der Waals surface area contributed by atoms with E-state index in [9.17, 15) is 39.6 Å². The lowest BCUT2D eigenvalue weighted by Crippen LogP contribution is -2.38. The molecule has 3 aromatic carbocycles. The van der Waals surface area contributed by atoms with Crippen molar-refractivity contribution >= 4 is 60.7 Å². The van der Waals surface area contributed by atoms with Gasteiger partial charge in [0.05, 0.1) is 58.0 Å². The van der Waals surface area contributed by atoms with Crippen LogP contribution in [0.15, 0.2) is 59.4 Å². The molecule has 4 heterocycles. The fraction of sp³-hybridized carbons (Fsp3) is 0.341. The zero-order valence-corrected chi connectivity index (χ0v) is 34.6. The molecule has 13 nitrogen and oxygen atoms in total. The van der Waals surface area contributed by atoms with Gasteiger partial charge in [0.25, 0.3) is 24.3 Å². The number of hydrogen-bond donors (Lipinski definition) is 2. The lowest BCUT2D eigenvalue weighted by molar-refractivity contribution is -0.123. The van der Waals surface area contributed by atoms with Gasteiger partial charge in [0.1, 0.15) is 41.9 Å². The molecule has 0 spiro atoms. The van der Waals surface area contributed by atoms with Crippen molar-refractivity contribution in [1.82, 2.24) is 34.4 Å². The minimum atomic E-state index is -4.12. The first kappa shape index (κ1) is 43.4. The molecule has 336 valence electrons. The van der Waals surface area contributed by atoms with Crippen LogP contribution in [0.3, 0.4) is 0 Å². The van der Waals surface area contributed by atoms with Crippen LogP contribution in [0, 0.1) is 17.6 Å². The molecule has 3 aliphatic rings. The Kier molecular flexibility index (Phi) is 10.8. The third kappa shape index (κ3) is 7.88. The highest BCUT2D eigenvalue weighted by atomic mass is 35.5. The van der Waals surface area contributed by atoms with Gasteiger partial charge >= 0.3 is 0 Å². The van der Waals surface area contributed by atoms with Gasteiger partial charge in [0, 0.05) is 24.0 Å². The van der Waals surface area contributed by atoms with E-state index in [0.717, 1.165) is 33.2 Å². The number of ether oxygens (including phenoxy) is 1. The second-order valence-corrected chi connectivity index (χ2v) is 17.9. The van der Waals surface area contributed by atoms with E-state index in [1.54, 1.807) is 12.1 Å². The van der Waals surface area contributed by atoms with Crippen molar-refractivity contribution in [2.75, 3.05) is 24.2 Å². The second-order valence-electron chi connectivity index (χ2n) is 15.8. The van der Waals surface area contributed by atoms with Crippen molar-refractivity contribution in [3.05, 3.63) is 116 Å². The van der Waals surface area contributed by atoms with Crippen molar-refractivity contribution in [1.29, 1.82) is 0 Å². The van der Waals surface area contributed by atoms with Gasteiger partial charge in [-0.25, -0.2) is 39.7 Å². The van der Waals surface area contributed by atoms with Crippen molar-refractivity contribution in [2.24, 2.45) is 5.92 Å². The van der Waals surface area contributed by atoms with E-state index in [2.05, 4.69) is 20.2 Å². The van der Waals surface area contributed by atoms with Crippen molar-refractivity contribution in [3.8, 4) is 5.69 Å². The zero-order valence-electron chi connectivity index (χ0n) is 33.1. The number of fused-ring (bicyclic) bond motifs is 5.